The van der Waals surface area contributed by atoms with Gasteiger partial charge in [0.15, 0.2) is 6.61 Å². The van der Waals surface area contributed by atoms with Gasteiger partial charge in [-0.1, -0.05) is 6.92 Å². The third-order valence-corrected chi connectivity index (χ3v) is 5.72. The van der Waals surface area contributed by atoms with E-state index in [2.05, 4.69) is 12.2 Å². The molecule has 0 bridgehead atoms. The van der Waals surface area contributed by atoms with Crippen LogP contribution in [0.15, 0.2) is 16.5 Å². The predicted octanol–water partition coefficient (Wildman–Crippen LogP) is 3.35. The van der Waals surface area contributed by atoms with Crippen molar-refractivity contribution in [3.05, 3.63) is 44.0 Å². The summed E-state index contributed by atoms with van der Waals surface area (Å²) in [6, 6.07) is 2.10. The molecule has 160 valence electrons. The van der Waals surface area contributed by atoms with Crippen molar-refractivity contribution in [2.24, 2.45) is 5.92 Å². The molecule has 2 aromatic heterocycles. The molecule has 2 aromatic rings. The van der Waals surface area contributed by atoms with Gasteiger partial charge in [0.25, 0.3) is 5.91 Å². The average molecular weight is 436 g/mol. The van der Waals surface area contributed by atoms with E-state index in [4.69, 9.17) is 13.9 Å². The van der Waals surface area contributed by atoms with Gasteiger partial charge >= 0.3 is 17.8 Å². The van der Waals surface area contributed by atoms with E-state index in [9.17, 15) is 24.5 Å². The van der Waals surface area contributed by atoms with E-state index in [1.165, 1.54) is 11.3 Å². The minimum Gasteiger partial charge on any atom is -0.462 e. The Balaban J connectivity index is 1.69. The highest BCUT2D eigenvalue weighted by Crippen LogP contribution is 2.40. The number of rotatable bonds is 7. The molecule has 0 saturated carbocycles. The SMILES string of the molecule is CCOC(=O)c1c(NC(=O)COC(=O)c2ccc([N+](=O)[O-])o2)sc2c1CC[C@H](C)C2. The van der Waals surface area contributed by atoms with Gasteiger partial charge in [0, 0.05) is 4.88 Å². The van der Waals surface area contributed by atoms with E-state index in [0.29, 0.717) is 16.5 Å². The molecule has 0 saturated heterocycles. The van der Waals surface area contributed by atoms with Crippen LogP contribution in [0.5, 0.6) is 0 Å². The van der Waals surface area contributed by atoms with Crippen molar-refractivity contribution in [3.8, 4) is 0 Å². The molecule has 10 nitrogen and oxygen atoms in total. The Morgan fingerprint density at radius 3 is 2.73 bits per heavy atom. The highest BCUT2D eigenvalue weighted by atomic mass is 32.1. The van der Waals surface area contributed by atoms with Gasteiger partial charge in [-0.05, 0) is 43.7 Å². The van der Waals surface area contributed by atoms with E-state index in [1.54, 1.807) is 6.92 Å². The minimum absolute atomic E-state index is 0.208. The lowest BCUT2D eigenvalue weighted by Crippen LogP contribution is -2.22. The Morgan fingerprint density at radius 2 is 2.07 bits per heavy atom. The van der Waals surface area contributed by atoms with Gasteiger partial charge in [0.05, 0.1) is 18.2 Å². The van der Waals surface area contributed by atoms with Gasteiger partial charge in [-0.2, -0.15) is 0 Å². The molecule has 11 heteroatoms. The minimum atomic E-state index is -1.01. The third kappa shape index (κ3) is 4.67. The first kappa shape index (κ1) is 21.5. The van der Waals surface area contributed by atoms with Crippen LogP contribution in [0.4, 0.5) is 10.9 Å². The van der Waals surface area contributed by atoms with Crippen LogP contribution in [-0.4, -0.2) is 36.0 Å². The second kappa shape index (κ2) is 9.08. The molecule has 1 aliphatic rings. The van der Waals surface area contributed by atoms with Crippen molar-refractivity contribution >= 4 is 40.1 Å². The van der Waals surface area contributed by atoms with Crippen molar-refractivity contribution < 1.29 is 33.2 Å². The number of carbonyl (C=O) groups excluding carboxylic acids is 3. The lowest BCUT2D eigenvalue weighted by Gasteiger charge is -2.18. The number of nitrogens with zero attached hydrogens (tertiary/aromatic N) is 1. The quantitative estimate of drug-likeness (QED) is 0.396. The third-order valence-electron chi connectivity index (χ3n) is 4.55. The Morgan fingerprint density at radius 1 is 1.30 bits per heavy atom. The van der Waals surface area contributed by atoms with Crippen LogP contribution in [0.1, 0.15) is 51.6 Å². The van der Waals surface area contributed by atoms with Gasteiger partial charge in [-0.15, -0.1) is 11.3 Å². The Bertz CT molecular complexity index is 993. The standard InChI is InChI=1S/C19H20N2O8S/c1-3-27-19(24)16-11-5-4-10(2)8-13(11)30-17(16)20-14(22)9-28-18(23)12-6-7-15(29-12)21(25)26/h6-7,10H,3-5,8-9H2,1-2H3,(H,20,22)/t10-/m0/s1. The molecule has 1 atom stereocenters. The summed E-state index contributed by atoms with van der Waals surface area (Å²) in [7, 11) is 0. The maximum atomic E-state index is 12.5. The van der Waals surface area contributed by atoms with Crippen molar-refractivity contribution in [2.75, 3.05) is 18.5 Å². The normalized spacial score (nSPS) is 15.2. The number of hydrogen-bond donors (Lipinski definition) is 1. The largest absolute Gasteiger partial charge is 0.462 e. The molecule has 0 fully saturated rings. The van der Waals surface area contributed by atoms with Crippen LogP contribution in [0.2, 0.25) is 0 Å². The summed E-state index contributed by atoms with van der Waals surface area (Å²) in [5.41, 5.74) is 1.25. The fraction of sp³-hybridized carbons (Fsp3) is 0.421. The van der Waals surface area contributed by atoms with Gasteiger partial charge in [-0.3, -0.25) is 14.9 Å². The Labute approximate surface area is 175 Å². The fourth-order valence-corrected chi connectivity index (χ4v) is 4.57. The van der Waals surface area contributed by atoms with Crippen molar-refractivity contribution in [1.29, 1.82) is 0 Å². The number of furan rings is 1. The van der Waals surface area contributed by atoms with Gasteiger partial charge in [-0.25, -0.2) is 9.59 Å². The second-order valence-electron chi connectivity index (χ2n) is 6.80. The molecule has 1 aliphatic carbocycles. The summed E-state index contributed by atoms with van der Waals surface area (Å²) < 4.78 is 14.7. The maximum Gasteiger partial charge on any atom is 0.433 e. The molecule has 1 amide bonds. The molecule has 1 N–H and O–H groups in total. The van der Waals surface area contributed by atoms with Crippen molar-refractivity contribution in [2.45, 2.75) is 33.1 Å². The number of amides is 1. The lowest BCUT2D eigenvalue weighted by molar-refractivity contribution is -0.402. The summed E-state index contributed by atoms with van der Waals surface area (Å²) in [4.78, 5) is 47.5. The fourth-order valence-electron chi connectivity index (χ4n) is 3.16. The molecule has 30 heavy (non-hydrogen) atoms. The molecule has 0 spiro atoms. The molecular weight excluding hydrogens is 416 g/mol. The zero-order chi connectivity index (χ0) is 21.8. The van der Waals surface area contributed by atoms with Crippen LogP contribution in [0.25, 0.3) is 0 Å². The molecule has 3 rings (SSSR count). The molecule has 0 radical (unpaired) electrons. The number of thiophene rings is 1. The monoisotopic (exact) mass is 436 g/mol. The Kier molecular flexibility index (Phi) is 6.50. The lowest BCUT2D eigenvalue weighted by atomic mass is 9.88. The van der Waals surface area contributed by atoms with Crippen molar-refractivity contribution in [3.63, 3.8) is 0 Å². The average Bonchev–Trinajstić information content (AvgIpc) is 3.31. The van der Waals surface area contributed by atoms with E-state index in [0.717, 1.165) is 41.8 Å². The number of anilines is 1. The second-order valence-corrected chi connectivity index (χ2v) is 7.90. The van der Waals surface area contributed by atoms with E-state index in [-0.39, 0.29) is 12.4 Å². The topological polar surface area (TPSA) is 138 Å². The van der Waals surface area contributed by atoms with E-state index < -0.39 is 35.3 Å². The van der Waals surface area contributed by atoms with Gasteiger partial charge in [0.2, 0.25) is 5.76 Å². The first-order chi connectivity index (χ1) is 14.3. The highest BCUT2D eigenvalue weighted by molar-refractivity contribution is 7.17. The smallest absolute Gasteiger partial charge is 0.433 e. The molecule has 2 heterocycles. The summed E-state index contributed by atoms with van der Waals surface area (Å²) in [6.45, 7) is 3.40. The zero-order valence-electron chi connectivity index (χ0n) is 16.4. The number of ether oxygens (including phenoxy) is 2. The summed E-state index contributed by atoms with van der Waals surface area (Å²) in [5, 5.41) is 13.6. The highest BCUT2D eigenvalue weighted by Gasteiger charge is 2.29. The summed E-state index contributed by atoms with van der Waals surface area (Å²) in [5.74, 6) is -2.68. The van der Waals surface area contributed by atoms with Crippen LogP contribution in [-0.2, 0) is 27.1 Å². The number of hydrogen-bond acceptors (Lipinski definition) is 9. The summed E-state index contributed by atoms with van der Waals surface area (Å²) in [6.07, 6.45) is 2.48. The number of fused-ring (bicyclic) bond motifs is 1. The number of nitrogens with one attached hydrogen (secondary N) is 1. The van der Waals surface area contributed by atoms with Crippen LogP contribution < -0.4 is 5.32 Å². The van der Waals surface area contributed by atoms with Gasteiger partial charge < -0.3 is 19.2 Å². The van der Waals surface area contributed by atoms with Gasteiger partial charge in [0.1, 0.15) is 9.92 Å². The molecule has 0 unspecified atom stereocenters. The van der Waals surface area contributed by atoms with Crippen LogP contribution in [0, 0.1) is 16.0 Å². The van der Waals surface area contributed by atoms with E-state index >= 15 is 0 Å². The van der Waals surface area contributed by atoms with E-state index in [1.807, 2.05) is 0 Å². The van der Waals surface area contributed by atoms with Crippen LogP contribution in [0.3, 0.4) is 0 Å². The first-order valence-electron chi connectivity index (χ1n) is 9.33. The molecule has 0 aliphatic heterocycles. The summed E-state index contributed by atoms with van der Waals surface area (Å²) >= 11 is 1.32. The molecular formula is C19H20N2O8S. The number of carbonyl (C=O) groups is 3. The van der Waals surface area contributed by atoms with Crippen LogP contribution >= 0.6 is 11.3 Å². The number of esters is 2. The number of nitro groups is 1. The zero-order valence-corrected chi connectivity index (χ0v) is 17.2. The molecule has 0 aromatic carbocycles. The predicted molar refractivity (Wildman–Crippen MR) is 106 cm³/mol. The Hall–Kier alpha value is -3.21. The maximum absolute atomic E-state index is 12.5. The van der Waals surface area contributed by atoms with Crippen molar-refractivity contribution in [1.82, 2.24) is 0 Å². The first-order valence-corrected chi connectivity index (χ1v) is 10.1.